The molecule has 0 saturated heterocycles. The molecule has 0 aliphatic carbocycles. The summed E-state index contributed by atoms with van der Waals surface area (Å²) in [6.07, 6.45) is 0.835. The Morgan fingerprint density at radius 2 is 1.71 bits per heavy atom. The third-order valence-corrected chi connectivity index (χ3v) is 4.33. The summed E-state index contributed by atoms with van der Waals surface area (Å²) in [6.45, 7) is 4.47. The molecule has 0 spiro atoms. The first-order valence-electron chi connectivity index (χ1n) is 9.43. The van der Waals surface area contributed by atoms with Crippen LogP contribution in [0.25, 0.3) is 0 Å². The zero-order valence-corrected chi connectivity index (χ0v) is 16.7. The highest BCUT2D eigenvalue weighted by Crippen LogP contribution is 2.16. The van der Waals surface area contributed by atoms with Crippen molar-refractivity contribution in [3.05, 3.63) is 60.2 Å². The van der Waals surface area contributed by atoms with Crippen LogP contribution in [0.2, 0.25) is 0 Å². The monoisotopic (exact) mass is 384 g/mol. The van der Waals surface area contributed by atoms with Crippen LogP contribution >= 0.6 is 0 Å². The molecule has 1 atom stereocenters. The van der Waals surface area contributed by atoms with Gasteiger partial charge in [-0.3, -0.25) is 9.59 Å². The molecular formula is C22H28N2O4. The number of amides is 2. The predicted octanol–water partition coefficient (Wildman–Crippen LogP) is 3.02. The fraction of sp³-hybridized carbons (Fsp3) is 0.364. The van der Waals surface area contributed by atoms with Crippen molar-refractivity contribution < 1.29 is 19.1 Å². The lowest BCUT2D eigenvalue weighted by Gasteiger charge is -2.28. The van der Waals surface area contributed by atoms with Crippen LogP contribution in [0.5, 0.6) is 11.5 Å². The fourth-order valence-corrected chi connectivity index (χ4v) is 2.65. The van der Waals surface area contributed by atoms with Crippen LogP contribution in [0, 0.1) is 0 Å². The van der Waals surface area contributed by atoms with E-state index in [9.17, 15) is 9.59 Å². The van der Waals surface area contributed by atoms with Crippen LogP contribution in [0.1, 0.15) is 25.8 Å². The standard InChI is InChI=1S/C22H28N2O4/c1-4-14-23-22(26)17(2)24(15-18-10-12-19(27-3)13-11-18)21(25)16-28-20-8-6-5-7-9-20/h5-13,17H,4,14-16H2,1-3H3,(H,23,26)/t17-/m1/s1. The second kappa shape index (κ2) is 11.0. The summed E-state index contributed by atoms with van der Waals surface area (Å²) < 4.78 is 10.8. The lowest BCUT2D eigenvalue weighted by molar-refractivity contribution is -0.142. The van der Waals surface area contributed by atoms with Crippen molar-refractivity contribution in [3.8, 4) is 11.5 Å². The molecule has 6 nitrogen and oxygen atoms in total. The highest BCUT2D eigenvalue weighted by atomic mass is 16.5. The minimum absolute atomic E-state index is 0.133. The van der Waals surface area contributed by atoms with E-state index in [2.05, 4.69) is 5.32 Å². The Labute approximate surface area is 166 Å². The number of carbonyl (C=O) groups excluding carboxylic acids is 2. The predicted molar refractivity (Wildman–Crippen MR) is 108 cm³/mol. The van der Waals surface area contributed by atoms with Gasteiger partial charge in [0, 0.05) is 13.1 Å². The van der Waals surface area contributed by atoms with E-state index in [0.717, 1.165) is 17.7 Å². The van der Waals surface area contributed by atoms with Crippen LogP contribution in [0.15, 0.2) is 54.6 Å². The third-order valence-electron chi connectivity index (χ3n) is 4.33. The van der Waals surface area contributed by atoms with Gasteiger partial charge in [-0.1, -0.05) is 37.3 Å². The summed E-state index contributed by atoms with van der Waals surface area (Å²) >= 11 is 0. The summed E-state index contributed by atoms with van der Waals surface area (Å²) in [7, 11) is 1.60. The van der Waals surface area contributed by atoms with Crippen molar-refractivity contribution in [3.63, 3.8) is 0 Å². The van der Waals surface area contributed by atoms with Gasteiger partial charge in [-0.05, 0) is 43.2 Å². The molecule has 2 aromatic rings. The maximum absolute atomic E-state index is 12.9. The molecule has 6 heteroatoms. The van der Waals surface area contributed by atoms with Crippen LogP contribution in [-0.4, -0.2) is 43.0 Å². The highest BCUT2D eigenvalue weighted by Gasteiger charge is 2.26. The van der Waals surface area contributed by atoms with Crippen molar-refractivity contribution in [2.75, 3.05) is 20.3 Å². The molecule has 2 rings (SSSR count). The molecule has 0 unspecified atom stereocenters. The van der Waals surface area contributed by atoms with Crippen LogP contribution in [0.3, 0.4) is 0 Å². The number of ether oxygens (including phenoxy) is 2. The SMILES string of the molecule is CCCNC(=O)[C@@H](C)N(Cc1ccc(OC)cc1)C(=O)COc1ccccc1. The van der Waals surface area contributed by atoms with E-state index in [1.807, 2.05) is 49.4 Å². The summed E-state index contributed by atoms with van der Waals surface area (Å²) in [5.74, 6) is 0.924. The maximum atomic E-state index is 12.9. The molecule has 2 aromatic carbocycles. The van der Waals surface area contributed by atoms with E-state index in [4.69, 9.17) is 9.47 Å². The molecule has 0 radical (unpaired) electrons. The lowest BCUT2D eigenvalue weighted by Crippen LogP contribution is -2.49. The van der Waals surface area contributed by atoms with Gasteiger partial charge in [-0.25, -0.2) is 0 Å². The number of methoxy groups -OCH3 is 1. The number of para-hydroxylation sites is 1. The Morgan fingerprint density at radius 3 is 2.32 bits per heavy atom. The molecule has 0 aliphatic heterocycles. The average Bonchev–Trinajstić information content (AvgIpc) is 2.74. The molecule has 28 heavy (non-hydrogen) atoms. The molecule has 2 amide bonds. The Kier molecular flexibility index (Phi) is 8.34. The number of hydrogen-bond acceptors (Lipinski definition) is 4. The van der Waals surface area contributed by atoms with Crippen molar-refractivity contribution in [1.82, 2.24) is 10.2 Å². The van der Waals surface area contributed by atoms with E-state index >= 15 is 0 Å². The number of rotatable bonds is 10. The van der Waals surface area contributed by atoms with Gasteiger partial charge in [-0.15, -0.1) is 0 Å². The molecule has 0 aliphatic rings. The van der Waals surface area contributed by atoms with E-state index < -0.39 is 6.04 Å². The summed E-state index contributed by atoms with van der Waals surface area (Å²) in [4.78, 5) is 26.8. The van der Waals surface area contributed by atoms with Gasteiger partial charge in [-0.2, -0.15) is 0 Å². The molecule has 0 aromatic heterocycles. The first-order valence-corrected chi connectivity index (χ1v) is 9.43. The largest absolute Gasteiger partial charge is 0.497 e. The number of hydrogen-bond donors (Lipinski definition) is 1. The van der Waals surface area contributed by atoms with Gasteiger partial charge in [0.25, 0.3) is 5.91 Å². The van der Waals surface area contributed by atoms with Crippen molar-refractivity contribution >= 4 is 11.8 Å². The van der Waals surface area contributed by atoms with Gasteiger partial charge >= 0.3 is 0 Å². The zero-order chi connectivity index (χ0) is 20.4. The second-order valence-corrected chi connectivity index (χ2v) is 6.44. The van der Waals surface area contributed by atoms with Crippen molar-refractivity contribution in [2.45, 2.75) is 32.9 Å². The maximum Gasteiger partial charge on any atom is 0.261 e. The number of carbonyl (C=O) groups is 2. The lowest BCUT2D eigenvalue weighted by atomic mass is 10.1. The van der Waals surface area contributed by atoms with Crippen LogP contribution in [0.4, 0.5) is 0 Å². The third kappa shape index (κ3) is 6.30. The number of benzene rings is 2. The van der Waals surface area contributed by atoms with Crippen molar-refractivity contribution in [1.29, 1.82) is 0 Å². The fourth-order valence-electron chi connectivity index (χ4n) is 2.65. The van der Waals surface area contributed by atoms with Gasteiger partial charge in [0.1, 0.15) is 17.5 Å². The second-order valence-electron chi connectivity index (χ2n) is 6.44. The molecule has 0 fully saturated rings. The Balaban J connectivity index is 2.11. The number of nitrogens with zero attached hydrogens (tertiary/aromatic N) is 1. The van der Waals surface area contributed by atoms with Gasteiger partial charge < -0.3 is 19.7 Å². The van der Waals surface area contributed by atoms with Crippen LogP contribution in [-0.2, 0) is 16.1 Å². The Hall–Kier alpha value is -3.02. The normalized spacial score (nSPS) is 11.4. The van der Waals surface area contributed by atoms with E-state index in [0.29, 0.717) is 18.8 Å². The zero-order valence-electron chi connectivity index (χ0n) is 16.7. The molecule has 0 heterocycles. The number of nitrogens with one attached hydrogen (secondary N) is 1. The Bertz CT molecular complexity index is 747. The molecular weight excluding hydrogens is 356 g/mol. The summed E-state index contributed by atoms with van der Waals surface area (Å²) in [5.41, 5.74) is 0.906. The van der Waals surface area contributed by atoms with E-state index in [1.54, 1.807) is 26.2 Å². The molecule has 0 bridgehead atoms. The smallest absolute Gasteiger partial charge is 0.261 e. The van der Waals surface area contributed by atoms with Gasteiger partial charge in [0.05, 0.1) is 7.11 Å². The van der Waals surface area contributed by atoms with E-state index in [1.165, 1.54) is 4.90 Å². The molecule has 150 valence electrons. The van der Waals surface area contributed by atoms with E-state index in [-0.39, 0.29) is 18.4 Å². The van der Waals surface area contributed by atoms with Crippen molar-refractivity contribution in [2.24, 2.45) is 0 Å². The first-order chi connectivity index (χ1) is 13.5. The minimum atomic E-state index is -0.611. The summed E-state index contributed by atoms with van der Waals surface area (Å²) in [5, 5.41) is 2.85. The van der Waals surface area contributed by atoms with Crippen LogP contribution < -0.4 is 14.8 Å². The minimum Gasteiger partial charge on any atom is -0.497 e. The molecule has 1 N–H and O–H groups in total. The first kappa shape index (κ1) is 21.3. The summed E-state index contributed by atoms with van der Waals surface area (Å²) in [6, 6.07) is 16.0. The van der Waals surface area contributed by atoms with Gasteiger partial charge in [0.15, 0.2) is 6.61 Å². The highest BCUT2D eigenvalue weighted by molar-refractivity contribution is 5.87. The average molecular weight is 384 g/mol. The molecule has 0 saturated carbocycles. The topological polar surface area (TPSA) is 67.9 Å². The van der Waals surface area contributed by atoms with Gasteiger partial charge in [0.2, 0.25) is 5.91 Å². The quantitative estimate of drug-likeness (QED) is 0.684. The Morgan fingerprint density at radius 1 is 1.04 bits per heavy atom.